The lowest BCUT2D eigenvalue weighted by molar-refractivity contribution is -0.140. The van der Waals surface area contributed by atoms with Crippen molar-refractivity contribution in [2.75, 3.05) is 0 Å². The lowest BCUT2D eigenvalue weighted by Crippen LogP contribution is -2.37. The summed E-state index contributed by atoms with van der Waals surface area (Å²) < 4.78 is 13.2. The predicted octanol–water partition coefficient (Wildman–Crippen LogP) is 3.07. The minimum absolute atomic E-state index is 0.0404. The first-order valence-electron chi connectivity index (χ1n) is 5.81. The van der Waals surface area contributed by atoms with Gasteiger partial charge in [-0.25, -0.2) is 4.39 Å². The van der Waals surface area contributed by atoms with Crippen molar-refractivity contribution in [2.24, 2.45) is 5.92 Å². The number of carboxylic acids is 1. The fraction of sp³-hybridized carbons (Fsp3) is 0.462. The molecule has 0 spiro atoms. The Balaban J connectivity index is 2.67. The SMILES string of the molecule is CC(C)CC(NCc1cccc(F)c1Cl)C(=O)O. The van der Waals surface area contributed by atoms with Gasteiger partial charge in [0, 0.05) is 6.54 Å². The van der Waals surface area contributed by atoms with Crippen LogP contribution in [0.25, 0.3) is 0 Å². The third-order valence-corrected chi connectivity index (χ3v) is 3.00. The first kappa shape index (κ1) is 14.9. The third-order valence-electron chi connectivity index (χ3n) is 2.58. The molecule has 1 aromatic carbocycles. The van der Waals surface area contributed by atoms with Crippen molar-refractivity contribution < 1.29 is 14.3 Å². The molecule has 0 fully saturated rings. The summed E-state index contributed by atoms with van der Waals surface area (Å²) in [7, 11) is 0. The minimum Gasteiger partial charge on any atom is -0.480 e. The van der Waals surface area contributed by atoms with Gasteiger partial charge in [-0.1, -0.05) is 37.6 Å². The first-order valence-corrected chi connectivity index (χ1v) is 6.18. The second-order valence-electron chi connectivity index (χ2n) is 4.61. The molecule has 0 aliphatic rings. The number of hydrogen-bond acceptors (Lipinski definition) is 2. The largest absolute Gasteiger partial charge is 0.480 e. The molecule has 3 nitrogen and oxygen atoms in total. The Bertz CT molecular complexity index is 423. The summed E-state index contributed by atoms with van der Waals surface area (Å²) in [6.45, 7) is 4.14. The fourth-order valence-electron chi connectivity index (χ4n) is 1.66. The van der Waals surface area contributed by atoms with Gasteiger partial charge in [-0.15, -0.1) is 0 Å². The van der Waals surface area contributed by atoms with Gasteiger partial charge in [0.05, 0.1) is 5.02 Å². The fourth-order valence-corrected chi connectivity index (χ4v) is 1.85. The lowest BCUT2D eigenvalue weighted by atomic mass is 10.0. The number of aliphatic carboxylic acids is 1. The maximum atomic E-state index is 13.2. The molecule has 1 unspecified atom stereocenters. The molecule has 0 aliphatic heterocycles. The molecule has 100 valence electrons. The molecule has 0 bridgehead atoms. The summed E-state index contributed by atoms with van der Waals surface area (Å²) in [5.74, 6) is -1.13. The second kappa shape index (κ2) is 6.71. The van der Waals surface area contributed by atoms with Crippen LogP contribution in [0.4, 0.5) is 4.39 Å². The van der Waals surface area contributed by atoms with Crippen LogP contribution in [0, 0.1) is 11.7 Å². The van der Waals surface area contributed by atoms with Crippen LogP contribution in [0.2, 0.25) is 5.02 Å². The number of hydrogen-bond donors (Lipinski definition) is 2. The van der Waals surface area contributed by atoms with Gasteiger partial charge >= 0.3 is 5.97 Å². The standard InChI is InChI=1S/C13H17ClFNO2/c1-8(2)6-11(13(17)18)16-7-9-4-3-5-10(15)12(9)14/h3-5,8,11,16H,6-7H2,1-2H3,(H,17,18). The maximum absolute atomic E-state index is 13.2. The smallest absolute Gasteiger partial charge is 0.320 e. The lowest BCUT2D eigenvalue weighted by Gasteiger charge is -2.17. The van der Waals surface area contributed by atoms with Gasteiger partial charge in [0.1, 0.15) is 11.9 Å². The Morgan fingerprint density at radius 3 is 2.72 bits per heavy atom. The molecule has 1 rings (SSSR count). The van der Waals surface area contributed by atoms with Gasteiger partial charge in [0.25, 0.3) is 0 Å². The van der Waals surface area contributed by atoms with Crippen molar-refractivity contribution in [3.05, 3.63) is 34.6 Å². The average Bonchev–Trinajstić information content (AvgIpc) is 2.28. The number of halogens is 2. The molecule has 18 heavy (non-hydrogen) atoms. The van der Waals surface area contributed by atoms with Crippen LogP contribution in [0.15, 0.2) is 18.2 Å². The average molecular weight is 274 g/mol. The summed E-state index contributed by atoms with van der Waals surface area (Å²) in [5, 5.41) is 12.0. The number of benzene rings is 1. The zero-order chi connectivity index (χ0) is 13.7. The van der Waals surface area contributed by atoms with E-state index in [2.05, 4.69) is 5.32 Å². The van der Waals surface area contributed by atoms with E-state index in [1.165, 1.54) is 6.07 Å². The molecule has 1 atom stereocenters. The number of rotatable bonds is 6. The summed E-state index contributed by atoms with van der Waals surface area (Å²) >= 11 is 5.80. The Kier molecular flexibility index (Phi) is 5.56. The molecule has 0 radical (unpaired) electrons. The Hall–Kier alpha value is -1.13. The highest BCUT2D eigenvalue weighted by atomic mass is 35.5. The van der Waals surface area contributed by atoms with Gasteiger partial charge in [0.2, 0.25) is 0 Å². The Morgan fingerprint density at radius 1 is 1.50 bits per heavy atom. The quantitative estimate of drug-likeness (QED) is 0.837. The third kappa shape index (κ3) is 4.27. The predicted molar refractivity (Wildman–Crippen MR) is 69.1 cm³/mol. The molecule has 0 amide bonds. The monoisotopic (exact) mass is 273 g/mol. The van der Waals surface area contributed by atoms with Crippen molar-refractivity contribution >= 4 is 17.6 Å². The molecule has 2 N–H and O–H groups in total. The van der Waals surface area contributed by atoms with E-state index < -0.39 is 17.8 Å². The van der Waals surface area contributed by atoms with E-state index in [0.717, 1.165) is 0 Å². The topological polar surface area (TPSA) is 49.3 Å². The van der Waals surface area contributed by atoms with Crippen LogP contribution in [-0.4, -0.2) is 17.1 Å². The van der Waals surface area contributed by atoms with E-state index in [9.17, 15) is 9.18 Å². The molecular formula is C13H17ClFNO2. The van der Waals surface area contributed by atoms with E-state index in [1.807, 2.05) is 13.8 Å². The van der Waals surface area contributed by atoms with E-state index >= 15 is 0 Å². The zero-order valence-corrected chi connectivity index (χ0v) is 11.2. The maximum Gasteiger partial charge on any atom is 0.320 e. The zero-order valence-electron chi connectivity index (χ0n) is 10.4. The van der Waals surface area contributed by atoms with Gasteiger partial charge in [0.15, 0.2) is 0 Å². The molecule has 0 aromatic heterocycles. The molecule has 5 heteroatoms. The normalized spacial score (nSPS) is 12.7. The van der Waals surface area contributed by atoms with E-state index in [4.69, 9.17) is 16.7 Å². The number of carboxylic acid groups (broad SMARTS) is 1. The van der Waals surface area contributed by atoms with Crippen LogP contribution in [0.3, 0.4) is 0 Å². The van der Waals surface area contributed by atoms with Crippen molar-refractivity contribution in [1.82, 2.24) is 5.32 Å². The van der Waals surface area contributed by atoms with Gasteiger partial charge in [-0.05, 0) is 24.0 Å². The molecular weight excluding hydrogens is 257 g/mol. The van der Waals surface area contributed by atoms with Gasteiger partial charge in [-0.2, -0.15) is 0 Å². The van der Waals surface area contributed by atoms with Crippen LogP contribution in [-0.2, 0) is 11.3 Å². The van der Waals surface area contributed by atoms with Gasteiger partial charge < -0.3 is 10.4 Å². The molecule has 1 aromatic rings. The molecule has 0 heterocycles. The van der Waals surface area contributed by atoms with Crippen molar-refractivity contribution in [3.8, 4) is 0 Å². The van der Waals surface area contributed by atoms with Crippen LogP contribution in [0.5, 0.6) is 0 Å². The molecule has 0 saturated heterocycles. The second-order valence-corrected chi connectivity index (χ2v) is 4.99. The number of nitrogens with one attached hydrogen (secondary N) is 1. The summed E-state index contributed by atoms with van der Waals surface area (Å²) in [5.41, 5.74) is 0.562. The van der Waals surface area contributed by atoms with Crippen molar-refractivity contribution in [1.29, 1.82) is 0 Å². The van der Waals surface area contributed by atoms with E-state index in [1.54, 1.807) is 12.1 Å². The van der Waals surface area contributed by atoms with Crippen LogP contribution >= 0.6 is 11.6 Å². The summed E-state index contributed by atoms with van der Waals surface area (Å²) in [4.78, 5) is 11.0. The van der Waals surface area contributed by atoms with Crippen LogP contribution < -0.4 is 5.32 Å². The Morgan fingerprint density at radius 2 is 2.17 bits per heavy atom. The first-order chi connectivity index (χ1) is 8.41. The van der Waals surface area contributed by atoms with Crippen molar-refractivity contribution in [3.63, 3.8) is 0 Å². The highest BCUT2D eigenvalue weighted by Gasteiger charge is 2.18. The summed E-state index contributed by atoms with van der Waals surface area (Å²) in [6.07, 6.45) is 0.516. The summed E-state index contributed by atoms with van der Waals surface area (Å²) in [6, 6.07) is 3.85. The Labute approximate surface area is 111 Å². The highest BCUT2D eigenvalue weighted by molar-refractivity contribution is 6.31. The molecule has 0 saturated carbocycles. The van der Waals surface area contributed by atoms with Crippen molar-refractivity contribution in [2.45, 2.75) is 32.9 Å². The number of carbonyl (C=O) groups is 1. The minimum atomic E-state index is -0.906. The van der Waals surface area contributed by atoms with Gasteiger partial charge in [-0.3, -0.25) is 4.79 Å². The molecule has 0 aliphatic carbocycles. The van der Waals surface area contributed by atoms with Crippen LogP contribution in [0.1, 0.15) is 25.8 Å². The van der Waals surface area contributed by atoms with E-state index in [-0.39, 0.29) is 17.5 Å². The van der Waals surface area contributed by atoms with E-state index in [0.29, 0.717) is 12.0 Å². The highest BCUT2D eigenvalue weighted by Crippen LogP contribution is 2.19.